The fraction of sp³-hybridized carbons (Fsp3) is 0.350. The third-order valence-electron chi connectivity index (χ3n) is 4.46. The Balaban J connectivity index is 1.55. The number of para-hydroxylation sites is 1. The summed E-state index contributed by atoms with van der Waals surface area (Å²) in [6.07, 6.45) is 1.84. The number of methoxy groups -OCH3 is 2. The van der Waals surface area contributed by atoms with E-state index in [1.165, 1.54) is 5.56 Å². The molecule has 0 bridgehead atoms. The Kier molecular flexibility index (Phi) is 6.36. The smallest absolute Gasteiger partial charge is 0.169 e. The lowest BCUT2D eigenvalue weighted by molar-refractivity contribution is 0.131. The molecule has 0 spiro atoms. The maximum atomic E-state index is 5.95. The van der Waals surface area contributed by atoms with Crippen LogP contribution < -0.4 is 9.47 Å². The van der Waals surface area contributed by atoms with Gasteiger partial charge in [0.25, 0.3) is 0 Å². The van der Waals surface area contributed by atoms with Crippen LogP contribution in [0.1, 0.15) is 11.1 Å². The van der Waals surface area contributed by atoms with Gasteiger partial charge in [0.05, 0.1) is 20.4 Å². The first-order chi connectivity index (χ1) is 12.7. The summed E-state index contributed by atoms with van der Waals surface area (Å²) in [6.45, 7) is 4.70. The van der Waals surface area contributed by atoms with Crippen LogP contribution in [-0.4, -0.2) is 56.5 Å². The van der Waals surface area contributed by atoms with Gasteiger partial charge in [-0.05, 0) is 29.8 Å². The van der Waals surface area contributed by atoms with Gasteiger partial charge < -0.3 is 9.47 Å². The monoisotopic (exact) mass is 373 g/mol. The van der Waals surface area contributed by atoms with E-state index >= 15 is 0 Å². The summed E-state index contributed by atoms with van der Waals surface area (Å²) in [6, 6.07) is 13.8. The second kappa shape index (κ2) is 8.92. The van der Waals surface area contributed by atoms with Crippen molar-refractivity contribution >= 4 is 17.8 Å². The lowest BCUT2D eigenvalue weighted by atomic mass is 10.2. The number of nitrogens with zero attached hydrogens (tertiary/aromatic N) is 3. The molecule has 6 heteroatoms. The fourth-order valence-electron chi connectivity index (χ4n) is 3.02. The van der Waals surface area contributed by atoms with Crippen LogP contribution in [0.2, 0.25) is 5.02 Å². The van der Waals surface area contributed by atoms with Crippen molar-refractivity contribution in [2.45, 2.75) is 6.54 Å². The predicted molar refractivity (Wildman–Crippen MR) is 105 cm³/mol. The number of rotatable bonds is 6. The van der Waals surface area contributed by atoms with Crippen LogP contribution >= 0.6 is 11.6 Å². The van der Waals surface area contributed by atoms with Gasteiger partial charge in [-0.3, -0.25) is 9.91 Å². The Bertz CT molecular complexity index is 741. The van der Waals surface area contributed by atoms with Crippen LogP contribution in [0.5, 0.6) is 11.5 Å². The van der Waals surface area contributed by atoms with E-state index in [4.69, 9.17) is 21.1 Å². The minimum absolute atomic E-state index is 0.708. The van der Waals surface area contributed by atoms with Crippen molar-refractivity contribution in [2.75, 3.05) is 40.4 Å². The van der Waals surface area contributed by atoms with Crippen molar-refractivity contribution < 1.29 is 9.47 Å². The summed E-state index contributed by atoms with van der Waals surface area (Å²) in [5.74, 6) is 1.42. The van der Waals surface area contributed by atoms with Gasteiger partial charge in [0.1, 0.15) is 0 Å². The molecule has 0 radical (unpaired) electrons. The Hall–Kier alpha value is -2.24. The van der Waals surface area contributed by atoms with Crippen molar-refractivity contribution in [1.82, 2.24) is 9.91 Å². The first kappa shape index (κ1) is 18.5. The molecule has 138 valence electrons. The van der Waals surface area contributed by atoms with E-state index < -0.39 is 0 Å². The Morgan fingerprint density at radius 1 is 1.00 bits per heavy atom. The maximum Gasteiger partial charge on any atom is 0.169 e. The molecular formula is C20H24ClN3O2. The highest BCUT2D eigenvalue weighted by molar-refractivity contribution is 6.30. The van der Waals surface area contributed by atoms with Gasteiger partial charge in [-0.25, -0.2) is 0 Å². The van der Waals surface area contributed by atoms with E-state index in [1.807, 2.05) is 36.5 Å². The highest BCUT2D eigenvalue weighted by Gasteiger charge is 2.16. The van der Waals surface area contributed by atoms with Crippen LogP contribution in [0.25, 0.3) is 0 Å². The topological polar surface area (TPSA) is 37.3 Å². The number of hydrazone groups is 1. The zero-order chi connectivity index (χ0) is 18.4. The molecule has 0 atom stereocenters. The number of ether oxygens (including phenoxy) is 2. The molecule has 0 N–H and O–H groups in total. The van der Waals surface area contributed by atoms with Crippen LogP contribution in [0.15, 0.2) is 47.6 Å². The molecule has 1 aliphatic heterocycles. The van der Waals surface area contributed by atoms with Crippen molar-refractivity contribution in [3.05, 3.63) is 58.6 Å². The van der Waals surface area contributed by atoms with E-state index in [0.29, 0.717) is 11.5 Å². The van der Waals surface area contributed by atoms with Crippen LogP contribution in [0.4, 0.5) is 0 Å². The van der Waals surface area contributed by atoms with Crippen molar-refractivity contribution in [3.63, 3.8) is 0 Å². The summed E-state index contributed by atoms with van der Waals surface area (Å²) in [5.41, 5.74) is 2.20. The van der Waals surface area contributed by atoms with Gasteiger partial charge in [-0.1, -0.05) is 29.8 Å². The third-order valence-corrected chi connectivity index (χ3v) is 4.71. The normalized spacial score (nSPS) is 15.4. The molecule has 0 amide bonds. The zero-order valence-electron chi connectivity index (χ0n) is 15.2. The van der Waals surface area contributed by atoms with E-state index in [0.717, 1.165) is 43.3 Å². The fourth-order valence-corrected chi connectivity index (χ4v) is 3.14. The first-order valence-electron chi connectivity index (χ1n) is 8.66. The van der Waals surface area contributed by atoms with Crippen molar-refractivity contribution in [3.8, 4) is 11.5 Å². The van der Waals surface area contributed by atoms with Gasteiger partial charge >= 0.3 is 0 Å². The summed E-state index contributed by atoms with van der Waals surface area (Å²) >= 11 is 5.95. The number of hydrogen-bond acceptors (Lipinski definition) is 5. The van der Waals surface area contributed by atoms with Crippen LogP contribution in [-0.2, 0) is 6.54 Å². The number of piperazine rings is 1. The summed E-state index contributed by atoms with van der Waals surface area (Å²) < 4.78 is 10.8. The van der Waals surface area contributed by atoms with Crippen LogP contribution in [0, 0.1) is 0 Å². The molecule has 2 aromatic carbocycles. The lowest BCUT2D eigenvalue weighted by Gasteiger charge is -2.33. The molecule has 0 aromatic heterocycles. The average Bonchev–Trinajstić information content (AvgIpc) is 2.68. The van der Waals surface area contributed by atoms with Crippen molar-refractivity contribution in [2.24, 2.45) is 5.10 Å². The standard InChI is InChI=1S/C20H24ClN3O2/c1-25-19-5-3-4-17(20(19)26-2)14-22-24-12-10-23(11-13-24)15-16-6-8-18(21)9-7-16/h3-9,14H,10-13,15H2,1-2H3/b22-14+. The largest absolute Gasteiger partial charge is 0.493 e. The number of hydrogen-bond donors (Lipinski definition) is 0. The summed E-state index contributed by atoms with van der Waals surface area (Å²) in [5, 5.41) is 7.49. The molecule has 26 heavy (non-hydrogen) atoms. The molecule has 0 saturated carbocycles. The molecular weight excluding hydrogens is 350 g/mol. The molecule has 5 nitrogen and oxygen atoms in total. The molecule has 0 aliphatic carbocycles. The maximum absolute atomic E-state index is 5.95. The van der Waals surface area contributed by atoms with Gasteiger partial charge in [0.2, 0.25) is 0 Å². The Morgan fingerprint density at radius 3 is 2.38 bits per heavy atom. The van der Waals surface area contributed by atoms with Gasteiger partial charge in [0, 0.05) is 43.3 Å². The highest BCUT2D eigenvalue weighted by atomic mass is 35.5. The summed E-state index contributed by atoms with van der Waals surface area (Å²) in [7, 11) is 3.28. The molecule has 1 saturated heterocycles. The first-order valence-corrected chi connectivity index (χ1v) is 9.04. The molecule has 1 aliphatic rings. The zero-order valence-corrected chi connectivity index (χ0v) is 15.9. The lowest BCUT2D eigenvalue weighted by Crippen LogP contribution is -2.43. The minimum atomic E-state index is 0.708. The van der Waals surface area contributed by atoms with Gasteiger partial charge in [0.15, 0.2) is 11.5 Å². The van der Waals surface area contributed by atoms with Gasteiger partial charge in [-0.2, -0.15) is 5.10 Å². The predicted octanol–water partition coefficient (Wildman–Crippen LogP) is 3.51. The van der Waals surface area contributed by atoms with E-state index in [9.17, 15) is 0 Å². The number of benzene rings is 2. The molecule has 2 aromatic rings. The number of halogens is 1. The second-order valence-electron chi connectivity index (χ2n) is 6.18. The second-order valence-corrected chi connectivity index (χ2v) is 6.62. The average molecular weight is 374 g/mol. The Labute approximate surface area is 159 Å². The molecule has 3 rings (SSSR count). The summed E-state index contributed by atoms with van der Waals surface area (Å²) in [4.78, 5) is 2.43. The Morgan fingerprint density at radius 2 is 1.73 bits per heavy atom. The van der Waals surface area contributed by atoms with E-state index in [-0.39, 0.29) is 0 Å². The highest BCUT2D eigenvalue weighted by Crippen LogP contribution is 2.29. The van der Waals surface area contributed by atoms with E-state index in [1.54, 1.807) is 14.2 Å². The van der Waals surface area contributed by atoms with E-state index in [2.05, 4.69) is 27.1 Å². The third kappa shape index (κ3) is 4.68. The van der Waals surface area contributed by atoms with Gasteiger partial charge in [-0.15, -0.1) is 0 Å². The van der Waals surface area contributed by atoms with Crippen LogP contribution in [0.3, 0.4) is 0 Å². The van der Waals surface area contributed by atoms with Crippen molar-refractivity contribution in [1.29, 1.82) is 0 Å². The quantitative estimate of drug-likeness (QED) is 0.726. The molecule has 0 unspecified atom stereocenters. The molecule has 1 fully saturated rings. The minimum Gasteiger partial charge on any atom is -0.493 e. The SMILES string of the molecule is COc1cccc(/C=N/N2CCN(Cc3ccc(Cl)cc3)CC2)c1OC. The molecule has 1 heterocycles.